The summed E-state index contributed by atoms with van der Waals surface area (Å²) in [7, 11) is 3.46. The number of phenols is 1. The van der Waals surface area contributed by atoms with E-state index in [0.29, 0.717) is 12.1 Å². The van der Waals surface area contributed by atoms with E-state index >= 15 is 0 Å². The Morgan fingerprint density at radius 1 is 1.02 bits per heavy atom. The predicted molar refractivity (Wildman–Crippen MR) is 199 cm³/mol. The summed E-state index contributed by atoms with van der Waals surface area (Å²) in [6, 6.07) is 20.6. The molecule has 2 N–H and O–H groups in total. The van der Waals surface area contributed by atoms with Crippen molar-refractivity contribution in [2.24, 2.45) is 4.99 Å². The molecule has 5 amide bonds. The Kier molecular flexibility index (Phi) is 10.9. The maximum absolute atomic E-state index is 14.6. The Labute approximate surface area is 304 Å². The summed E-state index contributed by atoms with van der Waals surface area (Å²) >= 11 is 0. The van der Waals surface area contributed by atoms with E-state index in [1.54, 1.807) is 69.2 Å². The standard InChI is InChI=1S/C39H46N8O5/c1-5-20-44-25-36(50)46-33(21-28-14-16-31(48)17-15-28)38(51)43(24-34(46)47(44)39(52)41-22-29-10-7-6-8-11-29)23-30-12-9-13-32-37(30)40-19-18-27(2)45(32)26-35(49)42(3)4/h5-17,19,27,33-34,48H,1,18,20-26H2,2-4H3,(H,41,52)/t27?,33-,34-/m0/s1. The number of urea groups is 1. The number of amides is 5. The average molecular weight is 707 g/mol. The highest BCUT2D eigenvalue weighted by molar-refractivity contribution is 5.92. The summed E-state index contributed by atoms with van der Waals surface area (Å²) in [6.45, 7) is 6.72. The van der Waals surface area contributed by atoms with Crippen molar-refractivity contribution < 1.29 is 24.3 Å². The minimum absolute atomic E-state index is 0.0102. The van der Waals surface area contributed by atoms with Gasteiger partial charge >= 0.3 is 6.03 Å². The van der Waals surface area contributed by atoms with Gasteiger partial charge < -0.3 is 30.0 Å². The number of rotatable bonds is 10. The fraction of sp³-hybridized carbons (Fsp3) is 0.359. The number of para-hydroxylation sites is 1. The molecule has 0 spiro atoms. The summed E-state index contributed by atoms with van der Waals surface area (Å²) in [4.78, 5) is 67.3. The molecular weight excluding hydrogens is 660 g/mol. The minimum atomic E-state index is -0.925. The van der Waals surface area contributed by atoms with Crippen molar-refractivity contribution in [1.29, 1.82) is 0 Å². The number of piperazine rings is 1. The summed E-state index contributed by atoms with van der Waals surface area (Å²) in [6.07, 6.45) is 3.49. The zero-order valence-electron chi connectivity index (χ0n) is 29.9. The van der Waals surface area contributed by atoms with Crippen molar-refractivity contribution in [1.82, 2.24) is 30.0 Å². The Balaban J connectivity index is 1.37. The van der Waals surface area contributed by atoms with E-state index in [2.05, 4.69) is 18.8 Å². The van der Waals surface area contributed by atoms with E-state index in [4.69, 9.17) is 4.99 Å². The van der Waals surface area contributed by atoms with Crippen molar-refractivity contribution >= 4 is 41.3 Å². The van der Waals surface area contributed by atoms with Crippen LogP contribution in [0.25, 0.3) is 0 Å². The number of nitrogens with zero attached hydrogens (tertiary/aromatic N) is 7. The first kappa shape index (κ1) is 36.1. The molecule has 6 rings (SSSR count). The van der Waals surface area contributed by atoms with Crippen LogP contribution in [0.3, 0.4) is 0 Å². The second-order valence-corrected chi connectivity index (χ2v) is 13.6. The number of hydrogen-bond acceptors (Lipinski definition) is 8. The number of carbonyl (C=O) groups is 4. The third-order valence-corrected chi connectivity index (χ3v) is 9.80. The predicted octanol–water partition coefficient (Wildman–Crippen LogP) is 3.52. The van der Waals surface area contributed by atoms with Gasteiger partial charge in [0.2, 0.25) is 17.7 Å². The minimum Gasteiger partial charge on any atom is -0.508 e. The van der Waals surface area contributed by atoms with Gasteiger partial charge in [0.05, 0.1) is 31.0 Å². The molecule has 0 saturated carbocycles. The number of hydrazine groups is 1. The number of carbonyl (C=O) groups excluding carboxylic acids is 4. The lowest BCUT2D eigenvalue weighted by Gasteiger charge is -2.55. The van der Waals surface area contributed by atoms with Crippen LogP contribution in [0, 0.1) is 0 Å². The smallest absolute Gasteiger partial charge is 0.334 e. The number of anilines is 1. The van der Waals surface area contributed by atoms with Crippen LogP contribution in [0.2, 0.25) is 0 Å². The van der Waals surface area contributed by atoms with E-state index < -0.39 is 18.2 Å². The number of aromatic hydroxyl groups is 1. The Hall–Kier alpha value is -5.69. The largest absolute Gasteiger partial charge is 0.508 e. The monoisotopic (exact) mass is 706 g/mol. The molecular formula is C39H46N8O5. The molecule has 2 fully saturated rings. The molecule has 13 heteroatoms. The number of nitrogens with one attached hydrogen (secondary N) is 1. The lowest BCUT2D eigenvalue weighted by molar-refractivity contribution is -0.189. The molecule has 0 radical (unpaired) electrons. The summed E-state index contributed by atoms with van der Waals surface area (Å²) in [5.74, 6) is -0.480. The van der Waals surface area contributed by atoms with E-state index in [9.17, 15) is 24.3 Å². The molecule has 272 valence electrons. The summed E-state index contributed by atoms with van der Waals surface area (Å²) < 4.78 is 0. The third-order valence-electron chi connectivity index (χ3n) is 9.80. The average Bonchev–Trinajstić information content (AvgIpc) is 3.28. The van der Waals surface area contributed by atoms with Crippen LogP contribution in [0.1, 0.15) is 30.0 Å². The van der Waals surface area contributed by atoms with Crippen LogP contribution in [0.4, 0.5) is 16.2 Å². The van der Waals surface area contributed by atoms with E-state index in [1.807, 2.05) is 59.6 Å². The van der Waals surface area contributed by atoms with Gasteiger partial charge in [0, 0.05) is 58.8 Å². The normalized spacial score (nSPS) is 20.2. The summed E-state index contributed by atoms with van der Waals surface area (Å²) in [5.41, 5.74) is 3.93. The van der Waals surface area contributed by atoms with E-state index in [0.717, 1.165) is 22.4 Å². The zero-order chi connectivity index (χ0) is 36.9. The fourth-order valence-electron chi connectivity index (χ4n) is 7.03. The fourth-order valence-corrected chi connectivity index (χ4v) is 7.03. The van der Waals surface area contributed by atoms with Crippen LogP contribution in [0.15, 0.2) is 90.4 Å². The van der Waals surface area contributed by atoms with E-state index in [1.165, 1.54) is 0 Å². The Bertz CT molecular complexity index is 1830. The molecule has 3 atom stereocenters. The van der Waals surface area contributed by atoms with Gasteiger partial charge in [0.25, 0.3) is 0 Å². The number of phenolic OH excluding ortho intramolecular Hbond substituents is 1. The number of likely N-dealkylation sites (N-methyl/N-ethyl adjacent to an activating group) is 1. The maximum atomic E-state index is 14.6. The van der Waals surface area contributed by atoms with Crippen molar-refractivity contribution in [2.45, 2.75) is 51.1 Å². The number of fused-ring (bicyclic) bond motifs is 2. The number of benzene rings is 3. The molecule has 13 nitrogen and oxygen atoms in total. The van der Waals surface area contributed by atoms with Gasteiger partial charge in [-0.1, -0.05) is 60.7 Å². The molecule has 3 aliphatic heterocycles. The van der Waals surface area contributed by atoms with Crippen LogP contribution >= 0.6 is 0 Å². The van der Waals surface area contributed by atoms with Gasteiger partial charge in [0.15, 0.2) is 0 Å². The second-order valence-electron chi connectivity index (χ2n) is 13.6. The molecule has 0 bridgehead atoms. The lowest BCUT2D eigenvalue weighted by atomic mass is 9.98. The van der Waals surface area contributed by atoms with Gasteiger partial charge in [-0.3, -0.25) is 19.4 Å². The van der Waals surface area contributed by atoms with Gasteiger partial charge in [0.1, 0.15) is 18.0 Å². The van der Waals surface area contributed by atoms with Crippen molar-refractivity contribution in [3.63, 3.8) is 0 Å². The van der Waals surface area contributed by atoms with Gasteiger partial charge in [-0.25, -0.2) is 14.8 Å². The molecule has 3 heterocycles. The molecule has 0 aliphatic carbocycles. The first-order valence-electron chi connectivity index (χ1n) is 17.5. The highest BCUT2D eigenvalue weighted by Crippen LogP contribution is 2.38. The zero-order valence-corrected chi connectivity index (χ0v) is 29.9. The molecule has 1 unspecified atom stereocenters. The third kappa shape index (κ3) is 7.64. The van der Waals surface area contributed by atoms with Crippen molar-refractivity contribution in [3.05, 3.63) is 102 Å². The first-order chi connectivity index (χ1) is 25.0. The number of aliphatic imine (C=N–C) groups is 1. The van der Waals surface area contributed by atoms with Crippen LogP contribution < -0.4 is 10.2 Å². The molecule has 52 heavy (non-hydrogen) atoms. The Morgan fingerprint density at radius 3 is 2.48 bits per heavy atom. The van der Waals surface area contributed by atoms with Gasteiger partial charge in [-0.2, -0.15) is 0 Å². The molecule has 3 aromatic rings. The molecule has 0 aromatic heterocycles. The quantitative estimate of drug-likeness (QED) is 0.309. The highest BCUT2D eigenvalue weighted by atomic mass is 16.3. The first-order valence-corrected chi connectivity index (χ1v) is 17.5. The Morgan fingerprint density at radius 2 is 1.77 bits per heavy atom. The SMILES string of the molecule is C=CCN1CC(=O)N2[C@@H](Cc3ccc(O)cc3)C(=O)N(Cc3cccc4c3N=CCC(C)N4CC(=O)N(C)C)C[C@@H]2N1C(=O)NCc1ccccc1. The lowest BCUT2D eigenvalue weighted by Crippen LogP contribution is -2.76. The number of hydrogen-bond donors (Lipinski definition) is 2. The highest BCUT2D eigenvalue weighted by Gasteiger charge is 2.51. The molecule has 2 saturated heterocycles. The van der Waals surface area contributed by atoms with Crippen molar-refractivity contribution in [2.75, 3.05) is 45.2 Å². The molecule has 3 aromatic carbocycles. The van der Waals surface area contributed by atoms with Gasteiger partial charge in [-0.15, -0.1) is 6.58 Å². The van der Waals surface area contributed by atoms with Crippen LogP contribution in [-0.4, -0.2) is 118 Å². The van der Waals surface area contributed by atoms with Crippen LogP contribution in [0.5, 0.6) is 5.75 Å². The second kappa shape index (κ2) is 15.7. The maximum Gasteiger partial charge on any atom is 0.334 e. The molecule has 3 aliphatic rings. The summed E-state index contributed by atoms with van der Waals surface area (Å²) in [5, 5.41) is 16.2. The van der Waals surface area contributed by atoms with Gasteiger partial charge in [-0.05, 0) is 41.8 Å². The van der Waals surface area contributed by atoms with Crippen LogP contribution in [-0.2, 0) is 33.9 Å². The van der Waals surface area contributed by atoms with Crippen molar-refractivity contribution in [3.8, 4) is 5.75 Å². The van der Waals surface area contributed by atoms with E-state index in [-0.39, 0.29) is 75.2 Å². The topological polar surface area (TPSA) is 132 Å².